The standard InChI is InChI=1S/C19H28F2N6O2S/c1-12-8-13-9-22-19(23-16-4-7-26(11-14(16)20)30(3,28)29)24-18(13)27(12)17-5-6-25(2)10-15(17)21/h8-9,14-17H,4-7,10-11H2,1-3H3,(H,22,23,24)/t14-,15-,16-,17-/m1/s1. The zero-order valence-electron chi connectivity index (χ0n) is 17.4. The molecule has 0 bridgehead atoms. The number of alkyl halides is 2. The average molecular weight is 443 g/mol. The maximum absolute atomic E-state index is 14.8. The number of likely N-dealkylation sites (tertiary alicyclic amines) is 1. The van der Waals surface area contributed by atoms with Gasteiger partial charge in [0.05, 0.1) is 18.3 Å². The van der Waals surface area contributed by atoms with E-state index in [9.17, 15) is 17.2 Å². The highest BCUT2D eigenvalue weighted by Gasteiger charge is 2.34. The topological polar surface area (TPSA) is 83.4 Å². The minimum Gasteiger partial charge on any atom is -0.348 e. The fourth-order valence-corrected chi connectivity index (χ4v) is 5.32. The van der Waals surface area contributed by atoms with Crippen LogP contribution in [0.15, 0.2) is 12.3 Å². The Balaban J connectivity index is 1.57. The lowest BCUT2D eigenvalue weighted by atomic mass is 10.0. The van der Waals surface area contributed by atoms with Crippen LogP contribution in [-0.4, -0.2) is 90.0 Å². The molecule has 0 spiro atoms. The molecule has 0 unspecified atom stereocenters. The highest BCUT2D eigenvalue weighted by molar-refractivity contribution is 7.88. The molecule has 4 heterocycles. The van der Waals surface area contributed by atoms with Gasteiger partial charge in [0.2, 0.25) is 16.0 Å². The maximum atomic E-state index is 14.8. The molecular formula is C19H28F2N6O2S. The van der Waals surface area contributed by atoms with Crippen LogP contribution in [0.4, 0.5) is 14.7 Å². The third-order valence-corrected chi connectivity index (χ3v) is 7.37. The van der Waals surface area contributed by atoms with Gasteiger partial charge < -0.3 is 14.8 Å². The van der Waals surface area contributed by atoms with E-state index in [0.717, 1.165) is 28.2 Å². The van der Waals surface area contributed by atoms with Crippen LogP contribution >= 0.6 is 0 Å². The number of rotatable bonds is 4. The zero-order chi connectivity index (χ0) is 21.6. The molecule has 11 heteroatoms. The first-order chi connectivity index (χ1) is 14.1. The number of hydrogen-bond donors (Lipinski definition) is 1. The lowest BCUT2D eigenvalue weighted by Crippen LogP contribution is -2.49. The van der Waals surface area contributed by atoms with Crippen LogP contribution in [0.2, 0.25) is 0 Å². The van der Waals surface area contributed by atoms with Crippen molar-refractivity contribution in [3.05, 3.63) is 18.0 Å². The minimum absolute atomic E-state index is 0.187. The van der Waals surface area contributed by atoms with E-state index in [4.69, 9.17) is 0 Å². The van der Waals surface area contributed by atoms with Crippen molar-refractivity contribution in [2.45, 2.75) is 44.2 Å². The van der Waals surface area contributed by atoms with Crippen molar-refractivity contribution in [2.24, 2.45) is 0 Å². The van der Waals surface area contributed by atoms with Crippen LogP contribution in [-0.2, 0) is 10.0 Å². The maximum Gasteiger partial charge on any atom is 0.224 e. The van der Waals surface area contributed by atoms with Gasteiger partial charge in [0.25, 0.3) is 0 Å². The molecule has 4 rings (SSSR count). The monoisotopic (exact) mass is 442 g/mol. The summed E-state index contributed by atoms with van der Waals surface area (Å²) in [5.41, 5.74) is 1.55. The lowest BCUT2D eigenvalue weighted by Gasteiger charge is -2.34. The summed E-state index contributed by atoms with van der Waals surface area (Å²) in [4.78, 5) is 10.9. The number of anilines is 1. The average Bonchev–Trinajstić information content (AvgIpc) is 2.98. The van der Waals surface area contributed by atoms with Gasteiger partial charge in [-0.3, -0.25) is 0 Å². The highest BCUT2D eigenvalue weighted by atomic mass is 32.2. The Morgan fingerprint density at radius 3 is 2.60 bits per heavy atom. The molecule has 4 atom stereocenters. The van der Waals surface area contributed by atoms with Crippen molar-refractivity contribution in [3.8, 4) is 0 Å². The fraction of sp³-hybridized carbons (Fsp3) is 0.684. The van der Waals surface area contributed by atoms with E-state index in [0.29, 0.717) is 25.0 Å². The van der Waals surface area contributed by atoms with Gasteiger partial charge in [-0.1, -0.05) is 0 Å². The summed E-state index contributed by atoms with van der Waals surface area (Å²) in [5.74, 6) is 0.269. The van der Waals surface area contributed by atoms with Gasteiger partial charge in [-0.25, -0.2) is 22.2 Å². The number of aryl methyl sites for hydroxylation is 1. The van der Waals surface area contributed by atoms with Gasteiger partial charge in [-0.05, 0) is 32.9 Å². The number of halogens is 2. The Labute approximate surface area is 175 Å². The second-order valence-electron chi connectivity index (χ2n) is 8.44. The Hall–Kier alpha value is -1.85. The smallest absolute Gasteiger partial charge is 0.224 e. The summed E-state index contributed by atoms with van der Waals surface area (Å²) < 4.78 is 55.8. The minimum atomic E-state index is -3.42. The molecule has 2 aromatic heterocycles. The van der Waals surface area contributed by atoms with E-state index < -0.39 is 28.4 Å². The first kappa shape index (κ1) is 21.4. The number of nitrogens with zero attached hydrogens (tertiary/aromatic N) is 5. The molecule has 166 valence electrons. The molecule has 2 aliphatic heterocycles. The fourth-order valence-electron chi connectivity index (χ4n) is 4.47. The summed E-state index contributed by atoms with van der Waals surface area (Å²) >= 11 is 0. The van der Waals surface area contributed by atoms with Crippen LogP contribution in [0.1, 0.15) is 24.6 Å². The molecule has 2 fully saturated rings. The summed E-state index contributed by atoms with van der Waals surface area (Å²) in [6.45, 7) is 3.17. The summed E-state index contributed by atoms with van der Waals surface area (Å²) in [5, 5.41) is 3.83. The van der Waals surface area contributed by atoms with Crippen LogP contribution in [0.3, 0.4) is 0 Å². The summed E-state index contributed by atoms with van der Waals surface area (Å²) in [6.07, 6.45) is 1.38. The Morgan fingerprint density at radius 1 is 1.17 bits per heavy atom. The number of sulfonamides is 1. The molecule has 0 aromatic carbocycles. The Bertz CT molecular complexity index is 1030. The van der Waals surface area contributed by atoms with Crippen molar-refractivity contribution in [1.29, 1.82) is 0 Å². The first-order valence-corrected chi connectivity index (χ1v) is 12.0. The quantitative estimate of drug-likeness (QED) is 0.777. The summed E-state index contributed by atoms with van der Waals surface area (Å²) in [7, 11) is -1.50. The van der Waals surface area contributed by atoms with Crippen LogP contribution < -0.4 is 5.32 Å². The lowest BCUT2D eigenvalue weighted by molar-refractivity contribution is 0.108. The molecule has 0 saturated carbocycles. The highest BCUT2D eigenvalue weighted by Crippen LogP contribution is 2.31. The van der Waals surface area contributed by atoms with Gasteiger partial charge in [0.1, 0.15) is 18.0 Å². The van der Waals surface area contributed by atoms with Crippen molar-refractivity contribution in [3.63, 3.8) is 0 Å². The second-order valence-corrected chi connectivity index (χ2v) is 10.4. The van der Waals surface area contributed by atoms with E-state index in [-0.39, 0.29) is 25.1 Å². The predicted molar refractivity (Wildman–Crippen MR) is 112 cm³/mol. The zero-order valence-corrected chi connectivity index (χ0v) is 18.2. The van der Waals surface area contributed by atoms with E-state index in [1.54, 1.807) is 6.20 Å². The second kappa shape index (κ2) is 8.01. The van der Waals surface area contributed by atoms with Crippen molar-refractivity contribution in [2.75, 3.05) is 44.8 Å². The molecule has 0 aliphatic carbocycles. The van der Waals surface area contributed by atoms with Crippen molar-refractivity contribution >= 4 is 27.0 Å². The first-order valence-electron chi connectivity index (χ1n) is 10.2. The van der Waals surface area contributed by atoms with Crippen LogP contribution in [0.25, 0.3) is 11.0 Å². The third-order valence-electron chi connectivity index (χ3n) is 6.10. The Morgan fingerprint density at radius 2 is 1.93 bits per heavy atom. The Kier molecular flexibility index (Phi) is 5.71. The van der Waals surface area contributed by atoms with Crippen molar-refractivity contribution in [1.82, 2.24) is 23.7 Å². The molecule has 2 aromatic rings. The van der Waals surface area contributed by atoms with Gasteiger partial charge >= 0.3 is 0 Å². The molecule has 0 amide bonds. The van der Waals surface area contributed by atoms with Gasteiger partial charge in [-0.2, -0.15) is 9.29 Å². The number of fused-ring (bicyclic) bond motifs is 1. The van der Waals surface area contributed by atoms with E-state index in [2.05, 4.69) is 15.3 Å². The predicted octanol–water partition coefficient (Wildman–Crippen LogP) is 1.74. The normalized spacial score (nSPS) is 29.4. The number of piperidine rings is 2. The molecule has 2 aliphatic rings. The van der Waals surface area contributed by atoms with Crippen molar-refractivity contribution < 1.29 is 17.2 Å². The summed E-state index contributed by atoms with van der Waals surface area (Å²) in [6, 6.07) is 1.06. The van der Waals surface area contributed by atoms with Crippen LogP contribution in [0, 0.1) is 6.92 Å². The van der Waals surface area contributed by atoms with E-state index in [1.165, 1.54) is 0 Å². The van der Waals surface area contributed by atoms with Gasteiger partial charge in [-0.15, -0.1) is 0 Å². The van der Waals surface area contributed by atoms with E-state index >= 15 is 0 Å². The SMILES string of the molecule is Cc1cc2cnc(N[C@@H]3CCN(S(C)(=O)=O)C[C@H]3F)nc2n1[C@@H]1CCN(C)C[C@H]1F. The van der Waals surface area contributed by atoms with Crippen LogP contribution in [0.5, 0.6) is 0 Å². The molecule has 2 saturated heterocycles. The molecular weight excluding hydrogens is 414 g/mol. The van der Waals surface area contributed by atoms with E-state index in [1.807, 2.05) is 29.5 Å². The van der Waals surface area contributed by atoms with Gasteiger partial charge in [0.15, 0.2) is 0 Å². The largest absolute Gasteiger partial charge is 0.348 e. The third kappa shape index (κ3) is 4.15. The number of hydrogen-bond acceptors (Lipinski definition) is 6. The number of nitrogens with one attached hydrogen (secondary N) is 1. The molecule has 30 heavy (non-hydrogen) atoms. The molecule has 1 N–H and O–H groups in total. The number of aromatic nitrogens is 3. The molecule has 8 nitrogen and oxygen atoms in total. The molecule has 0 radical (unpaired) electrons. The van der Waals surface area contributed by atoms with Gasteiger partial charge in [0, 0.05) is 43.5 Å².